The standard InChI is InChI=1S/C4H5Br5O/c1-10-2-3(5,6)4(7,8)9/h2H2,1H3. The molecule has 0 aromatic heterocycles. The molecule has 0 radical (unpaired) electrons. The second-order valence-electron chi connectivity index (χ2n) is 1.64. The molecule has 1 nitrogen and oxygen atoms in total. The second-order valence-corrected chi connectivity index (χ2v) is 12.2. The molecule has 0 aliphatic rings. The third-order valence-corrected chi connectivity index (χ3v) is 7.61. The van der Waals surface area contributed by atoms with E-state index in [2.05, 4.69) is 79.6 Å². The van der Waals surface area contributed by atoms with Crippen molar-refractivity contribution in [1.29, 1.82) is 0 Å². The number of halogens is 5. The molecule has 62 valence electrons. The third-order valence-electron chi connectivity index (χ3n) is 0.740. The van der Waals surface area contributed by atoms with Gasteiger partial charge in [0.25, 0.3) is 0 Å². The molecule has 0 rings (SSSR count). The lowest BCUT2D eigenvalue weighted by Gasteiger charge is -2.28. The van der Waals surface area contributed by atoms with Crippen LogP contribution in [0, 0.1) is 0 Å². The summed E-state index contributed by atoms with van der Waals surface area (Å²) in [6, 6.07) is 0. The SMILES string of the molecule is COCC(Br)(Br)C(Br)(Br)Br. The van der Waals surface area contributed by atoms with Gasteiger partial charge in [0, 0.05) is 7.11 Å². The average Bonchev–Trinajstić information content (AvgIpc) is 1.61. The second kappa shape index (κ2) is 4.56. The molecule has 0 fully saturated rings. The van der Waals surface area contributed by atoms with Crippen LogP contribution in [-0.4, -0.2) is 19.1 Å². The van der Waals surface area contributed by atoms with Gasteiger partial charge in [-0.3, -0.25) is 0 Å². The predicted molar refractivity (Wildman–Crippen MR) is 62.0 cm³/mol. The summed E-state index contributed by atoms with van der Waals surface area (Å²) in [6.07, 6.45) is 0. The zero-order chi connectivity index (χ0) is 8.41. The van der Waals surface area contributed by atoms with E-state index in [9.17, 15) is 0 Å². The molecule has 0 spiro atoms. The first-order chi connectivity index (χ1) is 4.31. The van der Waals surface area contributed by atoms with E-state index in [0.717, 1.165) is 0 Å². The molecule has 0 aromatic carbocycles. The summed E-state index contributed by atoms with van der Waals surface area (Å²) in [4.78, 5) is 0. The molecule has 0 atom stereocenters. The van der Waals surface area contributed by atoms with Gasteiger partial charge in [-0.2, -0.15) is 0 Å². The number of hydrogen-bond acceptors (Lipinski definition) is 1. The normalized spacial score (nSPS) is 13.8. The summed E-state index contributed by atoms with van der Waals surface area (Å²) < 4.78 is 4.18. The van der Waals surface area contributed by atoms with Crippen molar-refractivity contribution in [2.24, 2.45) is 0 Å². The fraction of sp³-hybridized carbons (Fsp3) is 1.00. The van der Waals surface area contributed by atoms with Crippen molar-refractivity contribution in [1.82, 2.24) is 0 Å². The lowest BCUT2D eigenvalue weighted by atomic mass is 10.5. The number of ether oxygens (including phenoxy) is 1. The Morgan fingerprint density at radius 2 is 1.50 bits per heavy atom. The predicted octanol–water partition coefficient (Wildman–Crippen LogP) is 3.96. The molecule has 0 saturated heterocycles. The maximum absolute atomic E-state index is 4.95. The van der Waals surface area contributed by atoms with Crippen LogP contribution < -0.4 is 0 Å². The first kappa shape index (κ1) is 12.4. The highest BCUT2D eigenvalue weighted by atomic mass is 80.0. The van der Waals surface area contributed by atoms with E-state index in [0.29, 0.717) is 6.61 Å². The lowest BCUT2D eigenvalue weighted by molar-refractivity contribution is 0.198. The van der Waals surface area contributed by atoms with Gasteiger partial charge < -0.3 is 4.74 Å². The van der Waals surface area contributed by atoms with E-state index in [1.165, 1.54) is 0 Å². The minimum Gasteiger partial charge on any atom is -0.382 e. The van der Waals surface area contributed by atoms with Crippen molar-refractivity contribution in [3.05, 3.63) is 0 Å². The lowest BCUT2D eigenvalue weighted by Crippen LogP contribution is -2.32. The van der Waals surface area contributed by atoms with Crippen LogP contribution in [0.15, 0.2) is 0 Å². The Kier molecular flexibility index (Phi) is 5.63. The van der Waals surface area contributed by atoms with E-state index in [1.54, 1.807) is 7.11 Å². The average molecular weight is 469 g/mol. The van der Waals surface area contributed by atoms with E-state index >= 15 is 0 Å². The highest BCUT2D eigenvalue weighted by Gasteiger charge is 2.42. The van der Waals surface area contributed by atoms with Gasteiger partial charge in [0.05, 0.1) is 6.61 Å². The van der Waals surface area contributed by atoms with Crippen LogP contribution in [0.2, 0.25) is 0 Å². The Balaban J connectivity index is 4.10. The minimum atomic E-state index is -0.407. The molecular formula is C4H5Br5O. The maximum Gasteiger partial charge on any atom is 0.162 e. The first-order valence-electron chi connectivity index (χ1n) is 2.25. The minimum absolute atomic E-state index is 0.359. The number of rotatable bonds is 2. The Labute approximate surface area is 102 Å². The Hall–Kier alpha value is 2.36. The van der Waals surface area contributed by atoms with Gasteiger partial charge in [0.1, 0.15) is 3.23 Å². The van der Waals surface area contributed by atoms with Crippen LogP contribution in [0.5, 0.6) is 0 Å². The monoisotopic (exact) mass is 464 g/mol. The molecule has 6 heteroatoms. The van der Waals surface area contributed by atoms with Gasteiger partial charge >= 0.3 is 0 Å². The highest BCUT2D eigenvalue weighted by Crippen LogP contribution is 2.52. The number of methoxy groups -OCH3 is 1. The van der Waals surface area contributed by atoms with Crippen molar-refractivity contribution >= 4 is 79.6 Å². The summed E-state index contributed by atoms with van der Waals surface area (Å²) >= 11 is 16.9. The molecule has 0 amide bonds. The van der Waals surface area contributed by atoms with Crippen LogP contribution >= 0.6 is 79.6 Å². The topological polar surface area (TPSA) is 9.23 Å². The number of hydrogen-bond donors (Lipinski definition) is 0. The maximum atomic E-state index is 4.95. The number of alkyl halides is 5. The molecular weight excluding hydrogens is 464 g/mol. The van der Waals surface area contributed by atoms with Crippen LogP contribution in [0.4, 0.5) is 0 Å². The van der Waals surface area contributed by atoms with Gasteiger partial charge in [-0.15, -0.1) is 0 Å². The van der Waals surface area contributed by atoms with E-state index < -0.39 is 2.14 Å². The quantitative estimate of drug-likeness (QED) is 0.558. The molecule has 0 unspecified atom stereocenters. The summed E-state index contributed by atoms with van der Waals surface area (Å²) in [6.45, 7) is 0.523. The summed E-state index contributed by atoms with van der Waals surface area (Å²) in [5, 5.41) is 0. The van der Waals surface area contributed by atoms with Gasteiger partial charge in [0.2, 0.25) is 0 Å². The van der Waals surface area contributed by atoms with Crippen molar-refractivity contribution in [3.8, 4) is 0 Å². The Morgan fingerprint density at radius 3 is 1.60 bits per heavy atom. The van der Waals surface area contributed by atoms with Crippen molar-refractivity contribution in [2.45, 2.75) is 5.38 Å². The zero-order valence-corrected chi connectivity index (χ0v) is 12.9. The van der Waals surface area contributed by atoms with Crippen molar-refractivity contribution in [3.63, 3.8) is 0 Å². The molecule has 0 aliphatic heterocycles. The Morgan fingerprint density at radius 1 is 1.10 bits per heavy atom. The highest BCUT2D eigenvalue weighted by molar-refractivity contribution is 9.41. The summed E-state index contributed by atoms with van der Waals surface area (Å²) in [5.74, 6) is 0. The van der Waals surface area contributed by atoms with Crippen LogP contribution in [0.3, 0.4) is 0 Å². The largest absolute Gasteiger partial charge is 0.382 e. The van der Waals surface area contributed by atoms with Crippen LogP contribution in [-0.2, 0) is 4.74 Å². The van der Waals surface area contributed by atoms with E-state index in [4.69, 9.17) is 4.74 Å². The molecule has 0 aromatic rings. The molecule has 0 aliphatic carbocycles. The molecule has 0 bridgehead atoms. The van der Waals surface area contributed by atoms with E-state index in [-0.39, 0.29) is 3.23 Å². The third kappa shape index (κ3) is 3.85. The molecule has 10 heavy (non-hydrogen) atoms. The zero-order valence-electron chi connectivity index (χ0n) is 5.01. The van der Waals surface area contributed by atoms with Crippen molar-refractivity contribution < 1.29 is 4.74 Å². The first-order valence-corrected chi connectivity index (χ1v) is 6.21. The van der Waals surface area contributed by atoms with Gasteiger partial charge in [-0.25, -0.2) is 0 Å². The van der Waals surface area contributed by atoms with Gasteiger partial charge in [-0.05, 0) is 0 Å². The summed E-state index contributed by atoms with van der Waals surface area (Å²) in [7, 11) is 1.63. The van der Waals surface area contributed by atoms with Gasteiger partial charge in [0.15, 0.2) is 2.14 Å². The summed E-state index contributed by atoms with van der Waals surface area (Å²) in [5.41, 5.74) is 0. The smallest absolute Gasteiger partial charge is 0.162 e. The van der Waals surface area contributed by atoms with E-state index in [1.807, 2.05) is 0 Å². The fourth-order valence-electron chi connectivity index (χ4n) is 0.263. The van der Waals surface area contributed by atoms with Crippen LogP contribution in [0.1, 0.15) is 0 Å². The van der Waals surface area contributed by atoms with Gasteiger partial charge in [-0.1, -0.05) is 79.6 Å². The van der Waals surface area contributed by atoms with Crippen molar-refractivity contribution in [2.75, 3.05) is 13.7 Å². The molecule has 0 heterocycles. The molecule has 0 N–H and O–H groups in total. The fourth-order valence-corrected chi connectivity index (χ4v) is 1.06. The van der Waals surface area contributed by atoms with Crippen LogP contribution in [0.25, 0.3) is 0 Å². The Bertz CT molecular complexity index is 107. The molecule has 0 saturated carbocycles.